The van der Waals surface area contributed by atoms with Gasteiger partial charge in [0.1, 0.15) is 0 Å². The minimum absolute atomic E-state index is 0. The van der Waals surface area contributed by atoms with Crippen LogP contribution >= 0.6 is 0 Å². The zero-order chi connectivity index (χ0) is 8.55. The van der Waals surface area contributed by atoms with E-state index < -0.39 is 0 Å². The standard InChI is InChI=1S/C6H5N5O/c7-6-10-4-3(5(12)11-6)8-1-2-9-4/h1-2H,(H3,7,9,10,11,12)/p+1. The van der Waals surface area contributed by atoms with Gasteiger partial charge in [-0.15, -0.1) is 0 Å². The van der Waals surface area contributed by atoms with Crippen LogP contribution in [0.15, 0.2) is 17.2 Å². The first-order valence-electron chi connectivity index (χ1n) is 3.24. The highest BCUT2D eigenvalue weighted by Crippen LogP contribution is 1.97. The minimum Gasteiger partial charge on any atom is -0.369 e. The van der Waals surface area contributed by atoms with E-state index in [1.807, 2.05) is 0 Å². The Balaban J connectivity index is 0.000000845. The highest BCUT2D eigenvalue weighted by Gasteiger charge is 2.01. The van der Waals surface area contributed by atoms with Gasteiger partial charge in [-0.1, -0.05) is 0 Å². The van der Waals surface area contributed by atoms with E-state index in [0.717, 1.165) is 0 Å². The number of nitrogens with one attached hydrogen (secondary N) is 1. The molecule has 0 spiro atoms. The number of nitrogens with two attached hydrogens (primary N) is 1. The van der Waals surface area contributed by atoms with Crippen molar-refractivity contribution in [2.24, 2.45) is 0 Å². The summed E-state index contributed by atoms with van der Waals surface area (Å²) in [4.78, 5) is 24.9. The first kappa shape index (κ1) is 6.71. The quantitative estimate of drug-likeness (QED) is 0.542. The second-order valence-corrected chi connectivity index (χ2v) is 2.18. The van der Waals surface area contributed by atoms with Crippen LogP contribution in [-0.2, 0) is 0 Å². The molecule has 6 heteroatoms. The molecular formula is C6H6N5O+. The Morgan fingerprint density at radius 2 is 2.17 bits per heavy atom. The number of anilines is 1. The Morgan fingerprint density at radius 1 is 1.42 bits per heavy atom. The number of aromatic nitrogens is 4. The highest BCUT2D eigenvalue weighted by molar-refractivity contribution is 5.68. The van der Waals surface area contributed by atoms with Gasteiger partial charge in [0.2, 0.25) is 5.95 Å². The Labute approximate surface area is 68.0 Å². The van der Waals surface area contributed by atoms with Gasteiger partial charge < -0.3 is 5.73 Å². The van der Waals surface area contributed by atoms with Crippen LogP contribution in [0, 0.1) is 0 Å². The van der Waals surface area contributed by atoms with Crippen molar-refractivity contribution in [1.82, 2.24) is 19.9 Å². The average Bonchev–Trinajstić information content (AvgIpc) is 2.04. The van der Waals surface area contributed by atoms with E-state index in [0.29, 0.717) is 0 Å². The maximum atomic E-state index is 11.1. The summed E-state index contributed by atoms with van der Waals surface area (Å²) in [5, 5.41) is 0. The fraction of sp³-hybridized carbons (Fsp3) is 0. The van der Waals surface area contributed by atoms with Crippen molar-refractivity contribution >= 4 is 17.1 Å². The highest BCUT2D eigenvalue weighted by atomic mass is 16.1. The van der Waals surface area contributed by atoms with Crippen LogP contribution in [0.3, 0.4) is 0 Å². The summed E-state index contributed by atoms with van der Waals surface area (Å²) < 4.78 is 0. The molecule has 0 aliphatic rings. The predicted molar refractivity (Wildman–Crippen MR) is 43.5 cm³/mol. The fourth-order valence-electron chi connectivity index (χ4n) is 0.890. The smallest absolute Gasteiger partial charge is 0.369 e. The number of rotatable bonds is 0. The van der Waals surface area contributed by atoms with Gasteiger partial charge in [0.25, 0.3) is 5.56 Å². The monoisotopic (exact) mass is 164 g/mol. The number of nitrogen functional groups attached to an aromatic ring is 1. The van der Waals surface area contributed by atoms with E-state index in [2.05, 4.69) is 19.9 Å². The van der Waals surface area contributed by atoms with Crippen molar-refractivity contribution in [3.63, 3.8) is 0 Å². The van der Waals surface area contributed by atoms with Crippen LogP contribution in [0.5, 0.6) is 0 Å². The van der Waals surface area contributed by atoms with Crippen LogP contribution in [0.1, 0.15) is 1.43 Å². The van der Waals surface area contributed by atoms with E-state index >= 15 is 0 Å². The molecule has 60 valence electrons. The molecule has 0 bridgehead atoms. The molecule has 0 radical (unpaired) electrons. The fourth-order valence-corrected chi connectivity index (χ4v) is 0.890. The molecule has 0 amide bonds. The second kappa shape index (κ2) is 2.26. The molecule has 0 saturated carbocycles. The molecule has 12 heavy (non-hydrogen) atoms. The third-order valence-corrected chi connectivity index (χ3v) is 1.36. The molecular weight excluding hydrogens is 158 g/mol. The van der Waals surface area contributed by atoms with Crippen LogP contribution < -0.4 is 11.3 Å². The van der Waals surface area contributed by atoms with Crippen molar-refractivity contribution in [3.05, 3.63) is 22.7 Å². The maximum Gasteiger partial charge on any atom is 1.00 e. The number of hydrogen-bond acceptors (Lipinski definition) is 5. The van der Waals surface area contributed by atoms with Gasteiger partial charge in [-0.05, 0) is 0 Å². The molecule has 0 aliphatic heterocycles. The predicted octanol–water partition coefficient (Wildman–Crippen LogP) is -0.592. The van der Waals surface area contributed by atoms with Gasteiger partial charge in [0, 0.05) is 12.4 Å². The van der Waals surface area contributed by atoms with Crippen molar-refractivity contribution in [2.75, 3.05) is 5.73 Å². The van der Waals surface area contributed by atoms with Crippen molar-refractivity contribution in [2.45, 2.75) is 0 Å². The van der Waals surface area contributed by atoms with E-state index in [-0.39, 0.29) is 24.1 Å². The van der Waals surface area contributed by atoms with Crippen molar-refractivity contribution in [3.8, 4) is 0 Å². The zero-order valence-electron chi connectivity index (χ0n) is 6.98. The lowest BCUT2D eigenvalue weighted by Gasteiger charge is -1.94. The summed E-state index contributed by atoms with van der Waals surface area (Å²) in [6, 6.07) is 0. The van der Waals surface area contributed by atoms with Crippen molar-refractivity contribution in [1.29, 1.82) is 0 Å². The lowest BCUT2D eigenvalue weighted by Crippen LogP contribution is -2.12. The summed E-state index contributed by atoms with van der Waals surface area (Å²) in [6.45, 7) is 0. The average molecular weight is 164 g/mol. The maximum absolute atomic E-state index is 11.1. The normalized spacial score (nSPS) is 10.3. The molecule has 0 fully saturated rings. The number of nitrogens with zero attached hydrogens (tertiary/aromatic N) is 3. The van der Waals surface area contributed by atoms with Gasteiger partial charge in [0.15, 0.2) is 11.2 Å². The summed E-state index contributed by atoms with van der Waals surface area (Å²) >= 11 is 0. The molecule has 2 heterocycles. The summed E-state index contributed by atoms with van der Waals surface area (Å²) in [5.74, 6) is 0.0491. The number of H-pyrrole nitrogens is 1. The molecule has 2 rings (SSSR count). The molecule has 6 nitrogen and oxygen atoms in total. The molecule has 3 N–H and O–H groups in total. The van der Waals surface area contributed by atoms with Gasteiger partial charge in [-0.25, -0.2) is 9.97 Å². The molecule has 0 saturated heterocycles. The number of fused-ring (bicyclic) bond motifs is 1. The lowest BCUT2D eigenvalue weighted by molar-refractivity contribution is 1.12. The van der Waals surface area contributed by atoms with Crippen LogP contribution in [0.4, 0.5) is 5.95 Å². The van der Waals surface area contributed by atoms with E-state index in [4.69, 9.17) is 5.73 Å². The number of aromatic amines is 1. The SMILES string of the molecule is Nc1nc2nccnc2c(=O)[nH]1.[H+]. The summed E-state index contributed by atoms with van der Waals surface area (Å²) in [5.41, 5.74) is 5.38. The van der Waals surface area contributed by atoms with Crippen LogP contribution in [0.25, 0.3) is 11.2 Å². The molecule has 0 atom stereocenters. The zero-order valence-corrected chi connectivity index (χ0v) is 5.98. The molecule has 2 aromatic heterocycles. The van der Waals surface area contributed by atoms with E-state index in [9.17, 15) is 4.79 Å². The second-order valence-electron chi connectivity index (χ2n) is 2.18. The Morgan fingerprint density at radius 3 is 3.00 bits per heavy atom. The third kappa shape index (κ3) is 0.895. The van der Waals surface area contributed by atoms with Gasteiger partial charge >= 0.3 is 1.43 Å². The van der Waals surface area contributed by atoms with Crippen LogP contribution in [-0.4, -0.2) is 19.9 Å². The first-order valence-corrected chi connectivity index (χ1v) is 3.24. The number of hydrogen-bond donors (Lipinski definition) is 2. The van der Waals surface area contributed by atoms with E-state index in [1.165, 1.54) is 12.4 Å². The molecule has 0 aliphatic carbocycles. The summed E-state index contributed by atoms with van der Waals surface area (Å²) in [7, 11) is 0. The molecule has 2 aromatic rings. The van der Waals surface area contributed by atoms with Crippen LogP contribution in [0.2, 0.25) is 0 Å². The molecule has 0 aromatic carbocycles. The topological polar surface area (TPSA) is 97.5 Å². The van der Waals surface area contributed by atoms with Gasteiger partial charge in [0.05, 0.1) is 0 Å². The third-order valence-electron chi connectivity index (χ3n) is 1.36. The Bertz CT molecular complexity index is 482. The summed E-state index contributed by atoms with van der Waals surface area (Å²) in [6.07, 6.45) is 2.88. The van der Waals surface area contributed by atoms with E-state index in [1.54, 1.807) is 0 Å². The van der Waals surface area contributed by atoms with Crippen molar-refractivity contribution < 1.29 is 1.43 Å². The Hall–Kier alpha value is -1.98. The first-order chi connectivity index (χ1) is 5.77. The van der Waals surface area contributed by atoms with Gasteiger partial charge in [-0.3, -0.25) is 9.78 Å². The largest absolute Gasteiger partial charge is 1.00 e. The van der Waals surface area contributed by atoms with Gasteiger partial charge in [-0.2, -0.15) is 4.98 Å². The minimum atomic E-state index is -0.370. The molecule has 0 unspecified atom stereocenters. The Kier molecular flexibility index (Phi) is 1.26. The lowest BCUT2D eigenvalue weighted by atomic mass is 10.5.